The van der Waals surface area contributed by atoms with Crippen molar-refractivity contribution in [1.29, 1.82) is 0 Å². The van der Waals surface area contributed by atoms with Crippen molar-refractivity contribution >= 4 is 34.5 Å². The van der Waals surface area contributed by atoms with Gasteiger partial charge in [-0.1, -0.05) is 11.6 Å². The van der Waals surface area contributed by atoms with Gasteiger partial charge in [0.15, 0.2) is 4.34 Å². The second-order valence-corrected chi connectivity index (χ2v) is 5.59. The first-order valence-electron chi connectivity index (χ1n) is 5.28. The standard InChI is InChI=1S/C10H14ClN3O3S/c1-13(2)5-3-4-12-10(15)8-6-7(14(16)17)9(11)18-8/h6H,3-5H2,1-2H3,(H,12,15). The van der Waals surface area contributed by atoms with E-state index in [-0.39, 0.29) is 20.8 Å². The highest BCUT2D eigenvalue weighted by atomic mass is 35.5. The summed E-state index contributed by atoms with van der Waals surface area (Å²) in [5, 5.41) is 13.3. The van der Waals surface area contributed by atoms with E-state index in [1.54, 1.807) is 0 Å². The smallest absolute Gasteiger partial charge is 0.299 e. The summed E-state index contributed by atoms with van der Waals surface area (Å²) >= 11 is 6.59. The number of thiophene rings is 1. The van der Waals surface area contributed by atoms with Gasteiger partial charge in [0.1, 0.15) is 4.88 Å². The lowest BCUT2D eigenvalue weighted by Crippen LogP contribution is -2.26. The maximum atomic E-state index is 11.7. The summed E-state index contributed by atoms with van der Waals surface area (Å²) < 4.78 is 0.0263. The maximum Gasteiger partial charge on any atom is 0.299 e. The summed E-state index contributed by atoms with van der Waals surface area (Å²) in [5.41, 5.74) is -0.222. The summed E-state index contributed by atoms with van der Waals surface area (Å²) in [5.74, 6) is -0.325. The van der Waals surface area contributed by atoms with E-state index in [1.807, 2.05) is 19.0 Å². The van der Waals surface area contributed by atoms with Crippen LogP contribution < -0.4 is 5.32 Å². The Kier molecular flexibility index (Phi) is 5.52. The molecular formula is C10H14ClN3O3S. The fourth-order valence-corrected chi connectivity index (χ4v) is 2.42. The molecule has 1 aromatic rings. The van der Waals surface area contributed by atoms with E-state index >= 15 is 0 Å². The average Bonchev–Trinajstić information content (AvgIpc) is 2.66. The summed E-state index contributed by atoms with van der Waals surface area (Å²) in [6.07, 6.45) is 0.819. The number of halogens is 1. The fourth-order valence-electron chi connectivity index (χ4n) is 1.28. The molecule has 1 amide bonds. The Hall–Kier alpha value is -1.18. The van der Waals surface area contributed by atoms with Crippen LogP contribution in [0.4, 0.5) is 5.69 Å². The molecule has 1 heterocycles. The van der Waals surface area contributed by atoms with Crippen LogP contribution in [0.2, 0.25) is 4.34 Å². The zero-order valence-electron chi connectivity index (χ0n) is 10.1. The van der Waals surface area contributed by atoms with E-state index in [0.717, 1.165) is 24.3 Å². The summed E-state index contributed by atoms with van der Waals surface area (Å²) in [4.78, 5) is 23.9. The van der Waals surface area contributed by atoms with Gasteiger partial charge in [-0.05, 0) is 27.1 Å². The van der Waals surface area contributed by atoms with Crippen LogP contribution in [0.25, 0.3) is 0 Å². The van der Waals surface area contributed by atoms with Crippen LogP contribution in [0.1, 0.15) is 16.1 Å². The van der Waals surface area contributed by atoms with Crippen LogP contribution in [0.5, 0.6) is 0 Å². The molecule has 0 aliphatic carbocycles. The van der Waals surface area contributed by atoms with Crippen molar-refractivity contribution in [3.63, 3.8) is 0 Å². The van der Waals surface area contributed by atoms with Crippen molar-refractivity contribution in [3.8, 4) is 0 Å². The number of carbonyl (C=O) groups is 1. The molecule has 100 valence electrons. The highest BCUT2D eigenvalue weighted by Gasteiger charge is 2.20. The van der Waals surface area contributed by atoms with Crippen LogP contribution in [0.15, 0.2) is 6.07 Å². The number of carbonyl (C=O) groups excluding carboxylic acids is 1. The molecule has 8 heteroatoms. The van der Waals surface area contributed by atoms with Crippen molar-refractivity contribution in [2.45, 2.75) is 6.42 Å². The van der Waals surface area contributed by atoms with Crippen molar-refractivity contribution in [2.75, 3.05) is 27.2 Å². The monoisotopic (exact) mass is 291 g/mol. The van der Waals surface area contributed by atoms with Crippen LogP contribution in [-0.2, 0) is 0 Å². The highest BCUT2D eigenvalue weighted by molar-refractivity contribution is 7.18. The average molecular weight is 292 g/mol. The van der Waals surface area contributed by atoms with Crippen LogP contribution in [-0.4, -0.2) is 42.9 Å². The molecule has 0 bridgehead atoms. The van der Waals surface area contributed by atoms with Crippen LogP contribution in [0, 0.1) is 10.1 Å². The second kappa shape index (κ2) is 6.67. The van der Waals surface area contributed by atoms with E-state index in [0.29, 0.717) is 6.54 Å². The molecule has 0 unspecified atom stereocenters. The zero-order chi connectivity index (χ0) is 13.7. The number of nitrogens with one attached hydrogen (secondary N) is 1. The molecule has 0 radical (unpaired) electrons. The molecule has 0 atom stereocenters. The van der Waals surface area contributed by atoms with Gasteiger partial charge in [-0.3, -0.25) is 14.9 Å². The maximum absolute atomic E-state index is 11.7. The van der Waals surface area contributed by atoms with Crippen molar-refractivity contribution in [1.82, 2.24) is 10.2 Å². The molecule has 0 aliphatic rings. The van der Waals surface area contributed by atoms with E-state index in [4.69, 9.17) is 11.6 Å². The first-order chi connectivity index (χ1) is 8.41. The Morgan fingerprint density at radius 3 is 2.78 bits per heavy atom. The highest BCUT2D eigenvalue weighted by Crippen LogP contribution is 2.33. The third-order valence-electron chi connectivity index (χ3n) is 2.16. The van der Waals surface area contributed by atoms with E-state index in [2.05, 4.69) is 5.32 Å². The van der Waals surface area contributed by atoms with Crippen LogP contribution in [0.3, 0.4) is 0 Å². The van der Waals surface area contributed by atoms with Crippen molar-refractivity contribution in [2.24, 2.45) is 0 Å². The minimum absolute atomic E-state index is 0.0263. The topological polar surface area (TPSA) is 75.5 Å². The first kappa shape index (κ1) is 14.9. The molecule has 0 saturated carbocycles. The van der Waals surface area contributed by atoms with Crippen molar-refractivity contribution < 1.29 is 9.72 Å². The number of amides is 1. The zero-order valence-corrected chi connectivity index (χ0v) is 11.7. The van der Waals surface area contributed by atoms with Gasteiger partial charge >= 0.3 is 0 Å². The number of nitrogens with zero attached hydrogens (tertiary/aromatic N) is 2. The number of nitro groups is 1. The van der Waals surface area contributed by atoms with E-state index < -0.39 is 4.92 Å². The molecule has 0 spiro atoms. The summed E-state index contributed by atoms with van der Waals surface area (Å²) in [7, 11) is 3.90. The Bertz CT molecular complexity index is 448. The Morgan fingerprint density at radius 2 is 2.28 bits per heavy atom. The van der Waals surface area contributed by atoms with Gasteiger partial charge < -0.3 is 10.2 Å². The molecule has 0 saturated heterocycles. The Morgan fingerprint density at radius 1 is 1.61 bits per heavy atom. The molecule has 6 nitrogen and oxygen atoms in total. The lowest BCUT2D eigenvalue weighted by atomic mass is 10.3. The van der Waals surface area contributed by atoms with Crippen molar-refractivity contribution in [3.05, 3.63) is 25.4 Å². The van der Waals surface area contributed by atoms with Gasteiger partial charge in [0, 0.05) is 12.6 Å². The van der Waals surface area contributed by atoms with E-state index in [9.17, 15) is 14.9 Å². The molecule has 18 heavy (non-hydrogen) atoms. The minimum Gasteiger partial charge on any atom is -0.351 e. The fraction of sp³-hybridized carbons (Fsp3) is 0.500. The normalized spacial score (nSPS) is 10.7. The quantitative estimate of drug-likeness (QED) is 0.494. The SMILES string of the molecule is CN(C)CCCNC(=O)c1cc([N+](=O)[O-])c(Cl)s1. The lowest BCUT2D eigenvalue weighted by Gasteiger charge is -2.09. The predicted molar refractivity (Wildman–Crippen MR) is 71.5 cm³/mol. The number of rotatable bonds is 6. The van der Waals surface area contributed by atoms with Crippen LogP contribution >= 0.6 is 22.9 Å². The summed E-state index contributed by atoms with van der Waals surface area (Å²) in [6.45, 7) is 1.39. The number of hydrogen-bond donors (Lipinski definition) is 1. The van der Waals surface area contributed by atoms with E-state index in [1.165, 1.54) is 6.07 Å². The third-order valence-corrected chi connectivity index (χ3v) is 3.49. The third kappa shape index (κ3) is 4.25. The molecule has 1 N–H and O–H groups in total. The molecule has 1 rings (SSSR count). The van der Waals surface area contributed by atoms with Gasteiger partial charge in [0.2, 0.25) is 0 Å². The second-order valence-electron chi connectivity index (χ2n) is 3.94. The molecule has 1 aromatic heterocycles. The van der Waals surface area contributed by atoms with Gasteiger partial charge in [0.25, 0.3) is 11.6 Å². The van der Waals surface area contributed by atoms with Gasteiger partial charge in [0.05, 0.1) is 4.92 Å². The molecule has 0 aromatic carbocycles. The molecule has 0 aliphatic heterocycles. The van der Waals surface area contributed by atoms with Gasteiger partial charge in [-0.15, -0.1) is 11.3 Å². The van der Waals surface area contributed by atoms with Gasteiger partial charge in [-0.25, -0.2) is 0 Å². The number of hydrogen-bond acceptors (Lipinski definition) is 5. The minimum atomic E-state index is -0.596. The molecular weight excluding hydrogens is 278 g/mol. The predicted octanol–water partition coefficient (Wildman–Crippen LogP) is 1.99. The first-order valence-corrected chi connectivity index (χ1v) is 6.48. The molecule has 0 fully saturated rings. The Labute approximate surface area is 114 Å². The van der Waals surface area contributed by atoms with Gasteiger partial charge in [-0.2, -0.15) is 0 Å². The largest absolute Gasteiger partial charge is 0.351 e. The lowest BCUT2D eigenvalue weighted by molar-refractivity contribution is -0.384. The Balaban J connectivity index is 2.52. The summed E-state index contributed by atoms with van der Waals surface area (Å²) in [6, 6.07) is 1.20.